The minimum absolute atomic E-state index is 0.106. The summed E-state index contributed by atoms with van der Waals surface area (Å²) in [6, 6.07) is 0. The van der Waals surface area contributed by atoms with Gasteiger partial charge >= 0.3 is 0 Å². The molecular formula is C20H32N2O2. The van der Waals surface area contributed by atoms with Crippen molar-refractivity contribution in [2.24, 2.45) is 16.7 Å². The third kappa shape index (κ3) is 2.86. The van der Waals surface area contributed by atoms with E-state index in [1.54, 1.807) is 0 Å². The van der Waals surface area contributed by atoms with Crippen LogP contribution < -0.4 is 0 Å². The quantitative estimate of drug-likeness (QED) is 0.796. The van der Waals surface area contributed by atoms with Crippen LogP contribution in [0, 0.1) is 16.7 Å². The minimum Gasteiger partial charge on any atom is -0.342 e. The summed E-state index contributed by atoms with van der Waals surface area (Å²) < 4.78 is 0. The lowest BCUT2D eigenvalue weighted by atomic mass is 9.77. The first-order valence-corrected chi connectivity index (χ1v) is 10.1. The van der Waals surface area contributed by atoms with E-state index in [1.807, 2.05) is 4.90 Å². The highest BCUT2D eigenvalue weighted by Crippen LogP contribution is 2.49. The van der Waals surface area contributed by atoms with Gasteiger partial charge in [-0.05, 0) is 50.9 Å². The molecule has 2 saturated carbocycles. The van der Waals surface area contributed by atoms with E-state index in [9.17, 15) is 9.59 Å². The Morgan fingerprint density at radius 3 is 2.50 bits per heavy atom. The van der Waals surface area contributed by atoms with Crippen LogP contribution in [0.1, 0.15) is 71.1 Å². The summed E-state index contributed by atoms with van der Waals surface area (Å²) >= 11 is 0. The van der Waals surface area contributed by atoms with Gasteiger partial charge in [0.05, 0.1) is 5.41 Å². The number of hydrogen-bond donors (Lipinski definition) is 0. The molecule has 0 N–H and O–H groups in total. The summed E-state index contributed by atoms with van der Waals surface area (Å²) in [7, 11) is 0. The molecule has 0 unspecified atom stereocenters. The normalized spacial score (nSPS) is 33.3. The van der Waals surface area contributed by atoms with Crippen LogP contribution in [0.25, 0.3) is 0 Å². The second-order valence-electron chi connectivity index (χ2n) is 9.18. The lowest BCUT2D eigenvalue weighted by Gasteiger charge is -2.41. The average Bonchev–Trinajstić information content (AvgIpc) is 3.20. The molecule has 2 aliphatic heterocycles. The van der Waals surface area contributed by atoms with E-state index < -0.39 is 0 Å². The number of amides is 2. The third-order valence-electron chi connectivity index (χ3n) is 7.18. The summed E-state index contributed by atoms with van der Waals surface area (Å²) in [5.74, 6) is 1.37. The monoisotopic (exact) mass is 332 g/mol. The van der Waals surface area contributed by atoms with Gasteiger partial charge in [0, 0.05) is 31.6 Å². The molecule has 4 aliphatic rings. The first kappa shape index (κ1) is 16.4. The van der Waals surface area contributed by atoms with Gasteiger partial charge in [-0.15, -0.1) is 0 Å². The van der Waals surface area contributed by atoms with Gasteiger partial charge in [-0.3, -0.25) is 9.59 Å². The van der Waals surface area contributed by atoms with Gasteiger partial charge in [-0.1, -0.05) is 26.2 Å². The summed E-state index contributed by atoms with van der Waals surface area (Å²) in [6.45, 7) is 5.45. The Balaban J connectivity index is 1.41. The first-order valence-electron chi connectivity index (χ1n) is 10.1. The van der Waals surface area contributed by atoms with Crippen LogP contribution in [0.4, 0.5) is 0 Å². The maximum absolute atomic E-state index is 13.2. The molecule has 4 heteroatoms. The standard InChI is InChI=1S/C20H32N2O2/c1-19(9-10-19)17(23)22-13-11-20(15-22)8-5-12-21(18(20)24)14-16-6-3-2-4-7-16/h16H,2-15H2,1H3/t20-/m1/s1. The van der Waals surface area contributed by atoms with Crippen LogP contribution in [0.2, 0.25) is 0 Å². The summed E-state index contributed by atoms with van der Waals surface area (Å²) in [5, 5.41) is 0. The third-order valence-corrected chi connectivity index (χ3v) is 7.18. The zero-order chi connectivity index (χ0) is 16.8. The first-order chi connectivity index (χ1) is 11.5. The van der Waals surface area contributed by atoms with Crippen molar-refractivity contribution >= 4 is 11.8 Å². The SMILES string of the molecule is CC1(C(=O)N2CC[C@]3(CCCN(CC4CCCCC4)C3=O)C2)CC1. The molecule has 2 heterocycles. The topological polar surface area (TPSA) is 40.6 Å². The molecular weight excluding hydrogens is 300 g/mol. The van der Waals surface area contributed by atoms with E-state index in [0.29, 0.717) is 24.3 Å². The highest BCUT2D eigenvalue weighted by Gasteiger charge is 2.54. The molecule has 4 fully saturated rings. The maximum atomic E-state index is 13.2. The molecule has 2 amide bonds. The maximum Gasteiger partial charge on any atom is 0.230 e. The molecule has 0 aromatic carbocycles. The minimum atomic E-state index is -0.256. The zero-order valence-corrected chi connectivity index (χ0v) is 15.2. The van der Waals surface area contributed by atoms with Crippen LogP contribution >= 0.6 is 0 Å². The molecule has 4 rings (SSSR count). The van der Waals surface area contributed by atoms with Crippen molar-refractivity contribution in [3.05, 3.63) is 0 Å². The number of nitrogens with zero attached hydrogens (tertiary/aromatic N) is 2. The van der Waals surface area contributed by atoms with Crippen molar-refractivity contribution in [3.63, 3.8) is 0 Å². The van der Waals surface area contributed by atoms with Gasteiger partial charge in [0.25, 0.3) is 0 Å². The van der Waals surface area contributed by atoms with Crippen LogP contribution in [0.5, 0.6) is 0 Å². The Morgan fingerprint density at radius 1 is 1.04 bits per heavy atom. The van der Waals surface area contributed by atoms with Gasteiger partial charge in [-0.2, -0.15) is 0 Å². The molecule has 0 aromatic rings. The Labute approximate surface area is 145 Å². The molecule has 24 heavy (non-hydrogen) atoms. The largest absolute Gasteiger partial charge is 0.342 e. The van der Waals surface area contributed by atoms with Crippen molar-refractivity contribution in [3.8, 4) is 0 Å². The number of carbonyl (C=O) groups is 2. The molecule has 2 saturated heterocycles. The lowest BCUT2D eigenvalue weighted by Crippen LogP contribution is -2.52. The summed E-state index contributed by atoms with van der Waals surface area (Å²) in [5.41, 5.74) is -0.362. The molecule has 0 aromatic heterocycles. The lowest BCUT2D eigenvalue weighted by molar-refractivity contribution is -0.147. The fourth-order valence-corrected chi connectivity index (χ4v) is 5.22. The van der Waals surface area contributed by atoms with Crippen LogP contribution in [-0.2, 0) is 9.59 Å². The fourth-order valence-electron chi connectivity index (χ4n) is 5.22. The smallest absolute Gasteiger partial charge is 0.230 e. The fraction of sp³-hybridized carbons (Fsp3) is 0.900. The number of carbonyl (C=O) groups excluding carboxylic acids is 2. The highest BCUT2D eigenvalue weighted by molar-refractivity contribution is 5.88. The van der Waals surface area contributed by atoms with Crippen LogP contribution in [0.3, 0.4) is 0 Å². The van der Waals surface area contributed by atoms with Crippen LogP contribution in [-0.4, -0.2) is 47.8 Å². The van der Waals surface area contributed by atoms with Crippen molar-refractivity contribution < 1.29 is 9.59 Å². The zero-order valence-electron chi connectivity index (χ0n) is 15.2. The van der Waals surface area contributed by atoms with E-state index in [1.165, 1.54) is 32.1 Å². The molecule has 0 radical (unpaired) electrons. The molecule has 134 valence electrons. The number of rotatable bonds is 3. The molecule has 2 aliphatic carbocycles. The van der Waals surface area contributed by atoms with E-state index in [-0.39, 0.29) is 10.8 Å². The van der Waals surface area contributed by atoms with Crippen molar-refractivity contribution in [1.29, 1.82) is 0 Å². The van der Waals surface area contributed by atoms with Crippen molar-refractivity contribution in [2.75, 3.05) is 26.2 Å². The van der Waals surface area contributed by atoms with Gasteiger partial charge in [0.2, 0.25) is 11.8 Å². The Bertz CT molecular complexity index is 522. The predicted molar refractivity (Wildman–Crippen MR) is 93.4 cm³/mol. The Kier molecular flexibility index (Phi) is 4.12. The van der Waals surface area contributed by atoms with Crippen LogP contribution in [0.15, 0.2) is 0 Å². The highest BCUT2D eigenvalue weighted by atomic mass is 16.2. The second-order valence-corrected chi connectivity index (χ2v) is 9.18. The summed E-state index contributed by atoms with van der Waals surface area (Å²) in [6.07, 6.45) is 11.6. The second kappa shape index (κ2) is 6.03. The molecule has 1 spiro atoms. The number of piperidine rings is 1. The van der Waals surface area contributed by atoms with Crippen molar-refractivity contribution in [1.82, 2.24) is 9.80 Å². The van der Waals surface area contributed by atoms with E-state index in [4.69, 9.17) is 0 Å². The molecule has 4 nitrogen and oxygen atoms in total. The number of likely N-dealkylation sites (tertiary alicyclic amines) is 2. The predicted octanol–water partition coefficient (Wildman–Crippen LogP) is 3.21. The molecule has 0 bridgehead atoms. The Morgan fingerprint density at radius 2 is 1.79 bits per heavy atom. The van der Waals surface area contributed by atoms with E-state index in [2.05, 4.69) is 11.8 Å². The van der Waals surface area contributed by atoms with Gasteiger partial charge in [0.1, 0.15) is 0 Å². The number of hydrogen-bond acceptors (Lipinski definition) is 2. The van der Waals surface area contributed by atoms with Crippen molar-refractivity contribution in [2.45, 2.75) is 71.1 Å². The molecule has 1 atom stereocenters. The van der Waals surface area contributed by atoms with Gasteiger partial charge in [0.15, 0.2) is 0 Å². The van der Waals surface area contributed by atoms with E-state index in [0.717, 1.165) is 51.7 Å². The van der Waals surface area contributed by atoms with E-state index >= 15 is 0 Å². The Hall–Kier alpha value is -1.06. The van der Waals surface area contributed by atoms with Gasteiger partial charge in [-0.25, -0.2) is 0 Å². The van der Waals surface area contributed by atoms with Gasteiger partial charge < -0.3 is 9.80 Å². The average molecular weight is 332 g/mol. The summed E-state index contributed by atoms with van der Waals surface area (Å²) in [4.78, 5) is 30.1.